The normalized spacial score (nSPS) is 10.7. The van der Waals surface area contributed by atoms with Crippen LogP contribution in [0.1, 0.15) is 11.3 Å². The van der Waals surface area contributed by atoms with Crippen LogP contribution in [0.4, 0.5) is 0 Å². The Hall–Kier alpha value is -2.69. The number of amidine groups is 1. The molecule has 5 heteroatoms. The molecule has 0 unspecified atom stereocenters. The molecular formula is C14H13N5. The van der Waals surface area contributed by atoms with Gasteiger partial charge in [0.2, 0.25) is 0 Å². The first-order chi connectivity index (χ1) is 9.25. The van der Waals surface area contributed by atoms with E-state index in [4.69, 9.17) is 11.1 Å². The molecule has 0 saturated carbocycles. The predicted molar refractivity (Wildman–Crippen MR) is 74.1 cm³/mol. The van der Waals surface area contributed by atoms with Crippen molar-refractivity contribution in [2.45, 2.75) is 6.54 Å². The highest BCUT2D eigenvalue weighted by Crippen LogP contribution is 2.15. The van der Waals surface area contributed by atoms with Crippen molar-refractivity contribution in [3.05, 3.63) is 60.2 Å². The summed E-state index contributed by atoms with van der Waals surface area (Å²) in [5.74, 6) is -0.0139. The van der Waals surface area contributed by atoms with Gasteiger partial charge >= 0.3 is 0 Å². The number of fused-ring (bicyclic) bond motifs is 1. The second kappa shape index (κ2) is 4.53. The molecule has 3 rings (SSSR count). The molecule has 0 fully saturated rings. The number of benzene rings is 1. The van der Waals surface area contributed by atoms with E-state index in [2.05, 4.69) is 9.97 Å². The molecule has 0 bridgehead atoms. The fourth-order valence-electron chi connectivity index (χ4n) is 2.13. The number of imidazole rings is 1. The topological polar surface area (TPSA) is 80.6 Å². The van der Waals surface area contributed by atoms with Crippen molar-refractivity contribution in [1.29, 1.82) is 5.41 Å². The van der Waals surface area contributed by atoms with Crippen LogP contribution in [0, 0.1) is 5.41 Å². The lowest BCUT2D eigenvalue weighted by Gasteiger charge is -2.08. The molecule has 94 valence electrons. The number of hydrogen-bond acceptors (Lipinski definition) is 3. The molecule has 0 spiro atoms. The predicted octanol–water partition coefficient (Wildman–Crippen LogP) is 1.76. The van der Waals surface area contributed by atoms with Crippen molar-refractivity contribution in [1.82, 2.24) is 14.5 Å². The third-order valence-corrected chi connectivity index (χ3v) is 3.01. The van der Waals surface area contributed by atoms with Crippen molar-refractivity contribution in [3.63, 3.8) is 0 Å². The van der Waals surface area contributed by atoms with Crippen LogP contribution in [0.5, 0.6) is 0 Å². The molecule has 2 heterocycles. The van der Waals surface area contributed by atoms with Gasteiger partial charge in [0, 0.05) is 11.8 Å². The molecule has 2 aromatic heterocycles. The fraction of sp³-hybridized carbons (Fsp3) is 0.0714. The van der Waals surface area contributed by atoms with Crippen LogP contribution in [-0.4, -0.2) is 20.4 Å². The summed E-state index contributed by atoms with van der Waals surface area (Å²) in [6, 6.07) is 11.7. The van der Waals surface area contributed by atoms with Crippen LogP contribution in [0.25, 0.3) is 11.0 Å². The molecule has 0 aliphatic carbocycles. The number of rotatable bonds is 3. The quantitative estimate of drug-likeness (QED) is 0.550. The van der Waals surface area contributed by atoms with Crippen molar-refractivity contribution >= 4 is 16.9 Å². The average molecular weight is 251 g/mol. The van der Waals surface area contributed by atoms with Crippen LogP contribution in [0.2, 0.25) is 0 Å². The van der Waals surface area contributed by atoms with Crippen LogP contribution in [0.3, 0.4) is 0 Å². The van der Waals surface area contributed by atoms with E-state index in [1.165, 1.54) is 0 Å². The lowest BCUT2D eigenvalue weighted by atomic mass is 10.1. The minimum absolute atomic E-state index is 0.0139. The highest BCUT2D eigenvalue weighted by molar-refractivity contribution is 5.94. The molecule has 0 atom stereocenters. The Balaban J connectivity index is 2.04. The lowest BCUT2D eigenvalue weighted by Crippen LogP contribution is -2.17. The van der Waals surface area contributed by atoms with Crippen molar-refractivity contribution < 1.29 is 0 Å². The molecule has 19 heavy (non-hydrogen) atoms. The number of hydrogen-bond donors (Lipinski definition) is 2. The molecule has 0 radical (unpaired) electrons. The highest BCUT2D eigenvalue weighted by atomic mass is 15.0. The van der Waals surface area contributed by atoms with Gasteiger partial charge in [0.1, 0.15) is 11.5 Å². The number of para-hydroxylation sites is 2. The van der Waals surface area contributed by atoms with E-state index in [1.54, 1.807) is 12.5 Å². The van der Waals surface area contributed by atoms with E-state index in [-0.39, 0.29) is 5.84 Å². The molecule has 0 aliphatic rings. The van der Waals surface area contributed by atoms with Crippen LogP contribution >= 0.6 is 0 Å². The Labute approximate surface area is 110 Å². The second-order valence-corrected chi connectivity index (χ2v) is 4.29. The van der Waals surface area contributed by atoms with Gasteiger partial charge in [-0.25, -0.2) is 4.98 Å². The van der Waals surface area contributed by atoms with Crippen LogP contribution in [0.15, 0.2) is 48.9 Å². The van der Waals surface area contributed by atoms with Crippen LogP contribution in [-0.2, 0) is 6.54 Å². The second-order valence-electron chi connectivity index (χ2n) is 4.29. The fourth-order valence-corrected chi connectivity index (χ4v) is 2.13. The monoisotopic (exact) mass is 251 g/mol. The Morgan fingerprint density at radius 2 is 2.00 bits per heavy atom. The van der Waals surface area contributed by atoms with Gasteiger partial charge in [0.15, 0.2) is 0 Å². The maximum atomic E-state index is 7.56. The minimum Gasteiger partial charge on any atom is -0.382 e. The van der Waals surface area contributed by atoms with Crippen LogP contribution < -0.4 is 5.73 Å². The van der Waals surface area contributed by atoms with Crippen molar-refractivity contribution in [3.8, 4) is 0 Å². The standard InChI is InChI=1S/C14H13N5/c15-14(16)13-10(4-3-7-17-13)8-19-9-18-11-5-1-2-6-12(11)19/h1-7,9H,8H2,(H3,15,16). The molecular weight excluding hydrogens is 238 g/mol. The number of aromatic nitrogens is 3. The first-order valence-corrected chi connectivity index (χ1v) is 5.94. The van der Waals surface area contributed by atoms with Gasteiger partial charge in [-0.2, -0.15) is 0 Å². The maximum Gasteiger partial charge on any atom is 0.142 e. The molecule has 5 nitrogen and oxygen atoms in total. The first-order valence-electron chi connectivity index (χ1n) is 5.94. The summed E-state index contributed by atoms with van der Waals surface area (Å²) in [5, 5.41) is 7.56. The van der Waals surface area contributed by atoms with E-state index in [0.717, 1.165) is 16.6 Å². The lowest BCUT2D eigenvalue weighted by molar-refractivity contribution is 0.817. The van der Waals surface area contributed by atoms with E-state index in [1.807, 2.05) is 41.0 Å². The van der Waals surface area contributed by atoms with Gasteiger partial charge in [-0.1, -0.05) is 18.2 Å². The molecule has 1 aromatic carbocycles. The zero-order valence-electron chi connectivity index (χ0n) is 10.2. The number of nitrogens with zero attached hydrogens (tertiary/aromatic N) is 3. The molecule has 3 aromatic rings. The van der Waals surface area contributed by atoms with Gasteiger partial charge in [0.25, 0.3) is 0 Å². The summed E-state index contributed by atoms with van der Waals surface area (Å²) < 4.78 is 2.03. The van der Waals surface area contributed by atoms with E-state index in [0.29, 0.717) is 12.2 Å². The number of nitrogens with one attached hydrogen (secondary N) is 1. The molecule has 0 aliphatic heterocycles. The zero-order chi connectivity index (χ0) is 13.2. The summed E-state index contributed by atoms with van der Waals surface area (Å²) in [4.78, 5) is 8.50. The largest absolute Gasteiger partial charge is 0.382 e. The minimum atomic E-state index is -0.0139. The Morgan fingerprint density at radius 3 is 2.84 bits per heavy atom. The van der Waals surface area contributed by atoms with E-state index >= 15 is 0 Å². The number of nitrogen functional groups attached to an aromatic ring is 1. The van der Waals surface area contributed by atoms with Gasteiger partial charge in [-0.05, 0) is 18.2 Å². The Kier molecular flexibility index (Phi) is 2.72. The molecule has 0 saturated heterocycles. The van der Waals surface area contributed by atoms with E-state index in [9.17, 15) is 0 Å². The summed E-state index contributed by atoms with van der Waals surface area (Å²) in [6.45, 7) is 0.600. The number of nitrogens with two attached hydrogens (primary N) is 1. The average Bonchev–Trinajstić information content (AvgIpc) is 2.83. The van der Waals surface area contributed by atoms with E-state index < -0.39 is 0 Å². The summed E-state index contributed by atoms with van der Waals surface area (Å²) in [5.41, 5.74) is 9.01. The van der Waals surface area contributed by atoms with Gasteiger partial charge < -0.3 is 10.3 Å². The first kappa shape index (κ1) is 11.4. The maximum absolute atomic E-state index is 7.56. The zero-order valence-corrected chi connectivity index (χ0v) is 10.2. The van der Waals surface area contributed by atoms with Gasteiger partial charge in [-0.15, -0.1) is 0 Å². The van der Waals surface area contributed by atoms with Crippen molar-refractivity contribution in [2.24, 2.45) is 5.73 Å². The van der Waals surface area contributed by atoms with Crippen molar-refractivity contribution in [2.75, 3.05) is 0 Å². The Morgan fingerprint density at radius 1 is 1.16 bits per heavy atom. The summed E-state index contributed by atoms with van der Waals surface area (Å²) in [7, 11) is 0. The highest BCUT2D eigenvalue weighted by Gasteiger charge is 2.08. The third kappa shape index (κ3) is 2.06. The smallest absolute Gasteiger partial charge is 0.142 e. The Bertz CT molecular complexity index is 744. The number of pyridine rings is 1. The summed E-state index contributed by atoms with van der Waals surface area (Å²) in [6.07, 6.45) is 3.44. The SMILES string of the molecule is N=C(N)c1ncccc1Cn1cnc2ccccc21. The van der Waals surface area contributed by atoms with Gasteiger partial charge in [0.05, 0.1) is 23.9 Å². The molecule has 3 N–H and O–H groups in total. The third-order valence-electron chi connectivity index (χ3n) is 3.01. The molecule has 0 amide bonds. The van der Waals surface area contributed by atoms with Gasteiger partial charge in [-0.3, -0.25) is 10.4 Å². The summed E-state index contributed by atoms with van der Waals surface area (Å²) >= 11 is 0.